The van der Waals surface area contributed by atoms with Crippen molar-refractivity contribution < 1.29 is 0 Å². The molecule has 0 aliphatic rings. The minimum atomic E-state index is 0.687. The Morgan fingerprint density at radius 1 is 1.21 bits per heavy atom. The Balaban J connectivity index is 2.19. The molecule has 4 nitrogen and oxygen atoms in total. The summed E-state index contributed by atoms with van der Waals surface area (Å²) in [6.45, 7) is 2.43. The highest BCUT2D eigenvalue weighted by atomic mass is 127. The molecular formula is C14H17IN4. The number of hydrogen-bond acceptors (Lipinski definition) is 4. The molecule has 2 rings (SSSR count). The highest BCUT2D eigenvalue weighted by molar-refractivity contribution is 14.1. The Morgan fingerprint density at radius 2 is 2.00 bits per heavy atom. The summed E-state index contributed by atoms with van der Waals surface area (Å²) in [5.41, 5.74) is 6.90. The van der Waals surface area contributed by atoms with Crippen LogP contribution >= 0.6 is 22.6 Å². The van der Waals surface area contributed by atoms with Crippen LogP contribution < -0.4 is 10.6 Å². The smallest absolute Gasteiger partial charge is 0.145 e. The highest BCUT2D eigenvalue weighted by Crippen LogP contribution is 2.20. The summed E-state index contributed by atoms with van der Waals surface area (Å²) >= 11 is 2.27. The number of rotatable bonds is 6. The second-order valence-corrected chi connectivity index (χ2v) is 5.41. The molecule has 0 aliphatic carbocycles. The lowest BCUT2D eigenvalue weighted by Crippen LogP contribution is -2.27. The molecule has 0 atom stereocenters. The first-order valence-corrected chi connectivity index (χ1v) is 7.33. The van der Waals surface area contributed by atoms with Gasteiger partial charge in [-0.15, -0.1) is 0 Å². The highest BCUT2D eigenvalue weighted by Gasteiger charge is 2.11. The maximum Gasteiger partial charge on any atom is 0.145 e. The van der Waals surface area contributed by atoms with Crippen LogP contribution in [0.1, 0.15) is 12.0 Å². The van der Waals surface area contributed by atoms with E-state index in [1.54, 1.807) is 6.33 Å². The van der Waals surface area contributed by atoms with Crippen molar-refractivity contribution in [2.24, 2.45) is 5.73 Å². The quantitative estimate of drug-likeness (QED) is 0.796. The Morgan fingerprint density at radius 3 is 2.68 bits per heavy atom. The van der Waals surface area contributed by atoms with Gasteiger partial charge in [0.25, 0.3) is 0 Å². The Bertz CT molecular complexity index is 504. The van der Waals surface area contributed by atoms with E-state index in [-0.39, 0.29) is 0 Å². The van der Waals surface area contributed by atoms with Gasteiger partial charge in [0.05, 0.1) is 3.57 Å². The lowest BCUT2D eigenvalue weighted by atomic mass is 10.2. The summed E-state index contributed by atoms with van der Waals surface area (Å²) in [6.07, 6.45) is 4.38. The molecule has 100 valence electrons. The zero-order valence-corrected chi connectivity index (χ0v) is 12.8. The van der Waals surface area contributed by atoms with Crippen LogP contribution in [0.15, 0.2) is 42.9 Å². The van der Waals surface area contributed by atoms with Crippen molar-refractivity contribution in [2.75, 3.05) is 18.0 Å². The van der Waals surface area contributed by atoms with Crippen molar-refractivity contribution in [1.29, 1.82) is 0 Å². The van der Waals surface area contributed by atoms with Crippen LogP contribution in [-0.4, -0.2) is 23.1 Å². The number of nitrogens with zero attached hydrogens (tertiary/aromatic N) is 3. The summed E-state index contributed by atoms with van der Waals surface area (Å²) in [7, 11) is 0. The van der Waals surface area contributed by atoms with E-state index in [0.717, 1.165) is 28.9 Å². The zero-order valence-electron chi connectivity index (χ0n) is 10.7. The molecule has 2 aromatic rings. The van der Waals surface area contributed by atoms with Gasteiger partial charge in [0, 0.05) is 19.3 Å². The fourth-order valence-corrected chi connectivity index (χ4v) is 2.53. The van der Waals surface area contributed by atoms with Gasteiger partial charge in [-0.2, -0.15) is 0 Å². The minimum absolute atomic E-state index is 0.687. The van der Waals surface area contributed by atoms with Crippen molar-refractivity contribution in [3.8, 4) is 0 Å². The minimum Gasteiger partial charge on any atom is -0.351 e. The third-order valence-corrected chi connectivity index (χ3v) is 3.56. The maximum atomic E-state index is 5.63. The van der Waals surface area contributed by atoms with Crippen molar-refractivity contribution in [3.63, 3.8) is 0 Å². The number of hydrogen-bond donors (Lipinski definition) is 1. The first-order valence-electron chi connectivity index (χ1n) is 6.25. The first-order chi connectivity index (χ1) is 9.31. The van der Waals surface area contributed by atoms with E-state index in [0.29, 0.717) is 6.54 Å². The molecule has 0 bridgehead atoms. The van der Waals surface area contributed by atoms with Crippen molar-refractivity contribution in [1.82, 2.24) is 9.97 Å². The second-order valence-electron chi connectivity index (χ2n) is 4.24. The van der Waals surface area contributed by atoms with Crippen LogP contribution in [0.25, 0.3) is 0 Å². The topological polar surface area (TPSA) is 55.0 Å². The standard InChI is InChI=1S/C14H17IN4/c15-13-9-17-11-18-14(13)19(8-4-7-16)10-12-5-2-1-3-6-12/h1-3,5-6,9,11H,4,7-8,10,16H2. The molecule has 0 aliphatic heterocycles. The van der Waals surface area contributed by atoms with Crippen LogP contribution in [0.5, 0.6) is 0 Å². The van der Waals surface area contributed by atoms with Crippen LogP contribution in [0, 0.1) is 3.57 Å². The van der Waals surface area contributed by atoms with Crippen LogP contribution in [0.3, 0.4) is 0 Å². The molecule has 0 saturated carbocycles. The van der Waals surface area contributed by atoms with E-state index in [1.807, 2.05) is 12.3 Å². The Kier molecular flexibility index (Phi) is 5.53. The number of halogens is 1. The molecule has 0 spiro atoms. The molecule has 2 N–H and O–H groups in total. The van der Waals surface area contributed by atoms with E-state index in [1.165, 1.54) is 5.56 Å². The molecule has 1 aromatic heterocycles. The van der Waals surface area contributed by atoms with Gasteiger partial charge in [-0.1, -0.05) is 30.3 Å². The fraction of sp³-hybridized carbons (Fsp3) is 0.286. The monoisotopic (exact) mass is 368 g/mol. The van der Waals surface area contributed by atoms with E-state index < -0.39 is 0 Å². The van der Waals surface area contributed by atoms with E-state index in [9.17, 15) is 0 Å². The summed E-state index contributed by atoms with van der Waals surface area (Å²) < 4.78 is 1.06. The maximum absolute atomic E-state index is 5.63. The SMILES string of the molecule is NCCCN(Cc1ccccc1)c1ncncc1I. The number of benzene rings is 1. The van der Waals surface area contributed by atoms with Gasteiger partial charge >= 0.3 is 0 Å². The normalized spacial score (nSPS) is 10.4. The first kappa shape index (κ1) is 14.2. The van der Waals surface area contributed by atoms with E-state index in [2.05, 4.69) is 61.7 Å². The molecule has 0 unspecified atom stereocenters. The van der Waals surface area contributed by atoms with Gasteiger partial charge in [-0.25, -0.2) is 9.97 Å². The summed E-state index contributed by atoms with van der Waals surface area (Å²) in [5.74, 6) is 0.980. The lowest BCUT2D eigenvalue weighted by Gasteiger charge is -2.24. The van der Waals surface area contributed by atoms with Crippen LogP contribution in [0.4, 0.5) is 5.82 Å². The van der Waals surface area contributed by atoms with Gasteiger partial charge in [-0.05, 0) is 41.1 Å². The lowest BCUT2D eigenvalue weighted by molar-refractivity contribution is 0.722. The van der Waals surface area contributed by atoms with Gasteiger partial charge in [0.2, 0.25) is 0 Å². The fourth-order valence-electron chi connectivity index (χ4n) is 1.88. The largest absolute Gasteiger partial charge is 0.351 e. The van der Waals surface area contributed by atoms with Gasteiger partial charge in [0.1, 0.15) is 12.1 Å². The average Bonchev–Trinajstić information content (AvgIpc) is 2.45. The van der Waals surface area contributed by atoms with Crippen molar-refractivity contribution >= 4 is 28.4 Å². The third-order valence-electron chi connectivity index (χ3n) is 2.80. The second kappa shape index (κ2) is 7.40. The summed E-state index contributed by atoms with van der Waals surface area (Å²) in [6, 6.07) is 10.4. The summed E-state index contributed by atoms with van der Waals surface area (Å²) in [4.78, 5) is 10.7. The molecule has 0 amide bonds. The average molecular weight is 368 g/mol. The number of anilines is 1. The summed E-state index contributed by atoms with van der Waals surface area (Å²) in [5, 5.41) is 0. The van der Waals surface area contributed by atoms with Crippen molar-refractivity contribution in [2.45, 2.75) is 13.0 Å². The van der Waals surface area contributed by atoms with Gasteiger partial charge < -0.3 is 10.6 Å². The molecule has 1 heterocycles. The van der Waals surface area contributed by atoms with E-state index >= 15 is 0 Å². The molecule has 5 heteroatoms. The number of aromatic nitrogens is 2. The molecule has 19 heavy (non-hydrogen) atoms. The van der Waals surface area contributed by atoms with Gasteiger partial charge in [0.15, 0.2) is 0 Å². The van der Waals surface area contributed by atoms with Crippen LogP contribution in [-0.2, 0) is 6.54 Å². The van der Waals surface area contributed by atoms with Crippen molar-refractivity contribution in [3.05, 3.63) is 52.0 Å². The molecule has 1 aromatic carbocycles. The van der Waals surface area contributed by atoms with Crippen LogP contribution in [0.2, 0.25) is 0 Å². The third kappa shape index (κ3) is 4.14. The predicted molar refractivity (Wildman–Crippen MR) is 85.9 cm³/mol. The Labute approximate surface area is 127 Å². The van der Waals surface area contributed by atoms with E-state index in [4.69, 9.17) is 5.73 Å². The number of nitrogens with two attached hydrogens (primary N) is 1. The zero-order chi connectivity index (χ0) is 13.5. The molecule has 0 fully saturated rings. The van der Waals surface area contributed by atoms with Gasteiger partial charge in [-0.3, -0.25) is 0 Å². The molecule has 0 saturated heterocycles. The molecular weight excluding hydrogens is 351 g/mol. The molecule has 0 radical (unpaired) electrons. The Hall–Kier alpha value is -1.21. The predicted octanol–water partition coefficient (Wildman–Crippen LogP) is 2.44.